The minimum Gasteiger partial charge on any atom is -0.488 e. The quantitative estimate of drug-likeness (QED) is 0.688. The van der Waals surface area contributed by atoms with Crippen LogP contribution in [-0.2, 0) is 5.88 Å². The second-order valence-electron chi connectivity index (χ2n) is 5.05. The Hall–Kier alpha value is -1.82. The van der Waals surface area contributed by atoms with Crippen molar-refractivity contribution in [2.24, 2.45) is 0 Å². The average molecular weight is 315 g/mol. The van der Waals surface area contributed by atoms with E-state index in [-0.39, 0.29) is 18.7 Å². The lowest BCUT2D eigenvalue weighted by Crippen LogP contribution is -2.43. The Labute approximate surface area is 124 Å². The molecule has 1 aliphatic rings. The van der Waals surface area contributed by atoms with E-state index < -0.39 is 12.0 Å². The normalized spacial score (nSPS) is 17.5. The second-order valence-corrected chi connectivity index (χ2v) is 5.32. The Morgan fingerprint density at radius 1 is 1.43 bits per heavy atom. The molecule has 112 valence electrons. The third-order valence-electron chi connectivity index (χ3n) is 3.43. The highest BCUT2D eigenvalue weighted by atomic mass is 35.5. The summed E-state index contributed by atoms with van der Waals surface area (Å²) in [5, 5.41) is 3.69. The van der Waals surface area contributed by atoms with Gasteiger partial charge in [-0.15, -0.1) is 11.6 Å². The van der Waals surface area contributed by atoms with Crippen LogP contribution in [0.4, 0.5) is 14.5 Å². The van der Waals surface area contributed by atoms with Crippen LogP contribution in [0, 0.1) is 0 Å². The predicted molar refractivity (Wildman–Crippen MR) is 74.5 cm³/mol. The fourth-order valence-corrected chi connectivity index (χ4v) is 2.48. The van der Waals surface area contributed by atoms with Gasteiger partial charge in [0.1, 0.15) is 11.9 Å². The van der Waals surface area contributed by atoms with Crippen LogP contribution in [0.2, 0.25) is 0 Å². The van der Waals surface area contributed by atoms with E-state index in [0.29, 0.717) is 17.2 Å². The van der Waals surface area contributed by atoms with Gasteiger partial charge < -0.3 is 15.0 Å². The second kappa shape index (κ2) is 5.18. The first-order valence-electron chi connectivity index (χ1n) is 6.42. The van der Waals surface area contributed by atoms with Crippen molar-refractivity contribution in [3.8, 4) is 16.9 Å². The molecule has 3 rings (SSSR count). The van der Waals surface area contributed by atoms with Crippen molar-refractivity contribution in [1.29, 1.82) is 0 Å². The lowest BCUT2D eigenvalue weighted by Gasteiger charge is -2.35. The number of aromatic nitrogens is 1. The molecule has 2 aromatic rings. The van der Waals surface area contributed by atoms with E-state index in [0.717, 1.165) is 11.1 Å². The first kappa shape index (κ1) is 14.1. The number of rotatable bonds is 4. The fourth-order valence-electron chi connectivity index (χ4n) is 2.29. The summed E-state index contributed by atoms with van der Waals surface area (Å²) in [5.74, 6) is -1.46. The van der Waals surface area contributed by atoms with E-state index in [2.05, 4.69) is 5.16 Å². The van der Waals surface area contributed by atoms with E-state index in [4.69, 9.17) is 26.6 Å². The van der Waals surface area contributed by atoms with Crippen molar-refractivity contribution in [2.45, 2.75) is 30.7 Å². The number of benzene rings is 1. The molecule has 0 amide bonds. The summed E-state index contributed by atoms with van der Waals surface area (Å²) < 4.78 is 36.1. The van der Waals surface area contributed by atoms with E-state index in [9.17, 15) is 8.78 Å². The molecule has 0 spiro atoms. The highest BCUT2D eigenvalue weighted by molar-refractivity contribution is 6.17. The first-order chi connectivity index (χ1) is 9.98. The van der Waals surface area contributed by atoms with Gasteiger partial charge in [0.15, 0.2) is 5.76 Å². The molecule has 1 aliphatic carbocycles. The minimum atomic E-state index is -2.61. The number of nitrogen functional groups attached to an aromatic ring is 1. The molecule has 1 heterocycles. The van der Waals surface area contributed by atoms with Gasteiger partial charge in [-0.25, -0.2) is 8.78 Å². The number of nitrogens with zero attached hydrogens (tertiary/aromatic N) is 1. The zero-order chi connectivity index (χ0) is 15.0. The molecule has 0 atom stereocenters. The molecule has 1 aromatic heterocycles. The monoisotopic (exact) mass is 314 g/mol. The molecule has 0 radical (unpaired) electrons. The van der Waals surface area contributed by atoms with E-state index in [1.165, 1.54) is 0 Å². The van der Waals surface area contributed by atoms with Crippen LogP contribution in [0.15, 0.2) is 28.9 Å². The number of nitrogens with two attached hydrogens (primary N) is 1. The van der Waals surface area contributed by atoms with E-state index in [1.54, 1.807) is 24.4 Å². The van der Waals surface area contributed by atoms with Crippen LogP contribution in [0.25, 0.3) is 11.1 Å². The summed E-state index contributed by atoms with van der Waals surface area (Å²) in [6, 6.07) is 5.12. The Bertz CT molecular complexity index is 652. The number of ether oxygens (including phenoxy) is 1. The molecule has 1 aromatic carbocycles. The Morgan fingerprint density at radius 3 is 2.81 bits per heavy atom. The maximum absolute atomic E-state index is 12.8. The molecule has 0 saturated heterocycles. The molecule has 0 aliphatic heterocycles. The summed E-state index contributed by atoms with van der Waals surface area (Å²) in [5.41, 5.74) is 7.83. The summed E-state index contributed by atoms with van der Waals surface area (Å²) in [4.78, 5) is 0. The standard InChI is InChI=1S/C14H13ClF2N2O2/c15-6-13-10(7-19-21-13)8-1-2-12(11(18)3-8)20-9-4-14(16,17)5-9/h1-3,7,9H,4-6,18H2. The van der Waals surface area contributed by atoms with E-state index >= 15 is 0 Å². The molecule has 4 nitrogen and oxygen atoms in total. The highest BCUT2D eigenvalue weighted by Gasteiger charge is 2.47. The lowest BCUT2D eigenvalue weighted by molar-refractivity contribution is -0.134. The molecule has 21 heavy (non-hydrogen) atoms. The third-order valence-corrected chi connectivity index (χ3v) is 3.68. The SMILES string of the molecule is Nc1cc(-c2cnoc2CCl)ccc1OC1CC(F)(F)C1. The van der Waals surface area contributed by atoms with Crippen molar-refractivity contribution in [3.63, 3.8) is 0 Å². The van der Waals surface area contributed by atoms with Crippen molar-refractivity contribution in [3.05, 3.63) is 30.2 Å². The molecule has 2 N–H and O–H groups in total. The predicted octanol–water partition coefficient (Wildman–Crippen LogP) is 3.84. The summed E-state index contributed by atoms with van der Waals surface area (Å²) >= 11 is 5.76. The van der Waals surface area contributed by atoms with Gasteiger partial charge in [0, 0.05) is 18.4 Å². The third kappa shape index (κ3) is 2.81. The Morgan fingerprint density at radius 2 is 2.19 bits per heavy atom. The number of hydrogen-bond acceptors (Lipinski definition) is 4. The van der Waals surface area contributed by atoms with Crippen LogP contribution in [0.1, 0.15) is 18.6 Å². The van der Waals surface area contributed by atoms with Crippen LogP contribution >= 0.6 is 11.6 Å². The lowest BCUT2D eigenvalue weighted by atomic mass is 9.91. The number of alkyl halides is 3. The van der Waals surface area contributed by atoms with Gasteiger partial charge in [0.05, 0.1) is 17.8 Å². The molecular formula is C14H13ClF2N2O2. The molecule has 1 fully saturated rings. The summed E-state index contributed by atoms with van der Waals surface area (Å²) in [7, 11) is 0. The van der Waals surface area contributed by atoms with Crippen LogP contribution in [-0.4, -0.2) is 17.2 Å². The Balaban J connectivity index is 1.77. The number of anilines is 1. The maximum Gasteiger partial charge on any atom is 0.255 e. The van der Waals surface area contributed by atoms with Crippen LogP contribution < -0.4 is 10.5 Å². The van der Waals surface area contributed by atoms with Gasteiger partial charge >= 0.3 is 0 Å². The van der Waals surface area contributed by atoms with Gasteiger partial charge in [-0.05, 0) is 17.7 Å². The largest absolute Gasteiger partial charge is 0.488 e. The maximum atomic E-state index is 12.8. The van der Waals surface area contributed by atoms with Crippen LogP contribution in [0.3, 0.4) is 0 Å². The first-order valence-corrected chi connectivity index (χ1v) is 6.96. The molecule has 0 unspecified atom stereocenters. The Kier molecular flexibility index (Phi) is 3.49. The molecular weight excluding hydrogens is 302 g/mol. The topological polar surface area (TPSA) is 61.3 Å². The number of halogens is 3. The zero-order valence-corrected chi connectivity index (χ0v) is 11.7. The fraction of sp³-hybridized carbons (Fsp3) is 0.357. The van der Waals surface area contributed by atoms with Crippen molar-refractivity contribution in [2.75, 3.05) is 5.73 Å². The molecule has 0 bridgehead atoms. The minimum absolute atomic E-state index is 0.199. The van der Waals surface area contributed by atoms with Gasteiger partial charge in [-0.3, -0.25) is 0 Å². The zero-order valence-electron chi connectivity index (χ0n) is 11.0. The number of hydrogen-bond donors (Lipinski definition) is 1. The van der Waals surface area contributed by atoms with Gasteiger partial charge in [-0.1, -0.05) is 11.2 Å². The summed E-state index contributed by atoms with van der Waals surface area (Å²) in [6.07, 6.45) is 0.536. The average Bonchev–Trinajstić information content (AvgIpc) is 2.87. The van der Waals surface area contributed by atoms with Gasteiger partial charge in [0.25, 0.3) is 5.92 Å². The van der Waals surface area contributed by atoms with Gasteiger partial charge in [-0.2, -0.15) is 0 Å². The van der Waals surface area contributed by atoms with E-state index in [1.807, 2.05) is 0 Å². The van der Waals surface area contributed by atoms with Gasteiger partial charge in [0.2, 0.25) is 0 Å². The highest BCUT2D eigenvalue weighted by Crippen LogP contribution is 2.41. The van der Waals surface area contributed by atoms with Crippen molar-refractivity contribution in [1.82, 2.24) is 5.16 Å². The summed E-state index contributed by atoms with van der Waals surface area (Å²) in [6.45, 7) is 0. The van der Waals surface area contributed by atoms with Crippen molar-refractivity contribution >= 4 is 17.3 Å². The van der Waals surface area contributed by atoms with Crippen molar-refractivity contribution < 1.29 is 18.0 Å². The van der Waals surface area contributed by atoms with Crippen LogP contribution in [0.5, 0.6) is 5.75 Å². The molecule has 7 heteroatoms. The molecule has 1 saturated carbocycles. The smallest absolute Gasteiger partial charge is 0.255 e.